The molecule has 0 heterocycles. The van der Waals surface area contributed by atoms with Crippen LogP contribution in [0.15, 0.2) is 18.2 Å². The number of hydrogen-bond donors (Lipinski definition) is 2. The van der Waals surface area contributed by atoms with Crippen LogP contribution in [-0.2, 0) is 4.79 Å². The summed E-state index contributed by atoms with van der Waals surface area (Å²) in [5, 5.41) is 2.75. The second-order valence-electron chi connectivity index (χ2n) is 5.81. The molecule has 1 aliphatic rings. The van der Waals surface area contributed by atoms with Crippen molar-refractivity contribution in [3.05, 3.63) is 24.0 Å². The van der Waals surface area contributed by atoms with Gasteiger partial charge < -0.3 is 16.0 Å². The van der Waals surface area contributed by atoms with Gasteiger partial charge in [-0.25, -0.2) is 4.39 Å². The van der Waals surface area contributed by atoms with Crippen LogP contribution in [0, 0.1) is 5.82 Å². The predicted molar refractivity (Wildman–Crippen MR) is 83.6 cm³/mol. The highest BCUT2D eigenvalue weighted by Gasteiger charge is 2.19. The van der Waals surface area contributed by atoms with Crippen LogP contribution in [0.3, 0.4) is 0 Å². The van der Waals surface area contributed by atoms with Gasteiger partial charge in [-0.1, -0.05) is 12.8 Å². The lowest BCUT2D eigenvalue weighted by Gasteiger charge is -2.23. The maximum Gasteiger partial charge on any atom is 0.224 e. The molecule has 0 aromatic heterocycles. The molecule has 116 valence electrons. The number of halogens is 1. The van der Waals surface area contributed by atoms with E-state index in [0.29, 0.717) is 18.2 Å². The molecular weight excluding hydrogens is 269 g/mol. The molecular formula is C16H24FN3O. The zero-order valence-corrected chi connectivity index (χ0v) is 12.6. The van der Waals surface area contributed by atoms with Crippen LogP contribution >= 0.6 is 0 Å². The predicted octanol–water partition coefficient (Wildman–Crippen LogP) is 3.00. The van der Waals surface area contributed by atoms with Gasteiger partial charge in [0.05, 0.1) is 5.69 Å². The van der Waals surface area contributed by atoms with Gasteiger partial charge in [0.1, 0.15) is 5.82 Å². The SMILES string of the molecule is CN(CCCC(=O)Nc1ccc(F)c(N)c1)C1CCCC1. The van der Waals surface area contributed by atoms with Crippen molar-refractivity contribution >= 4 is 17.3 Å². The van der Waals surface area contributed by atoms with Gasteiger partial charge in [-0.05, 0) is 51.1 Å². The first-order valence-electron chi connectivity index (χ1n) is 7.61. The zero-order chi connectivity index (χ0) is 15.2. The van der Waals surface area contributed by atoms with E-state index in [1.54, 1.807) is 0 Å². The second-order valence-corrected chi connectivity index (χ2v) is 5.81. The van der Waals surface area contributed by atoms with Gasteiger partial charge in [0.25, 0.3) is 0 Å². The summed E-state index contributed by atoms with van der Waals surface area (Å²) in [7, 11) is 2.13. The largest absolute Gasteiger partial charge is 0.396 e. The fourth-order valence-electron chi connectivity index (χ4n) is 2.86. The molecule has 0 bridgehead atoms. The Balaban J connectivity index is 1.70. The second kappa shape index (κ2) is 7.41. The van der Waals surface area contributed by atoms with E-state index in [-0.39, 0.29) is 11.6 Å². The molecule has 0 aliphatic heterocycles. The third-order valence-electron chi connectivity index (χ3n) is 4.14. The first kappa shape index (κ1) is 15.8. The summed E-state index contributed by atoms with van der Waals surface area (Å²) >= 11 is 0. The number of nitrogen functional groups attached to an aromatic ring is 1. The maximum absolute atomic E-state index is 13.0. The van der Waals surface area contributed by atoms with Gasteiger partial charge in [0.15, 0.2) is 0 Å². The molecule has 0 spiro atoms. The molecule has 3 N–H and O–H groups in total. The topological polar surface area (TPSA) is 58.4 Å². The highest BCUT2D eigenvalue weighted by Crippen LogP contribution is 2.22. The van der Waals surface area contributed by atoms with Crippen molar-refractivity contribution < 1.29 is 9.18 Å². The van der Waals surface area contributed by atoms with E-state index in [4.69, 9.17) is 5.73 Å². The van der Waals surface area contributed by atoms with Crippen LogP contribution in [0.1, 0.15) is 38.5 Å². The molecule has 5 heteroatoms. The van der Waals surface area contributed by atoms with Crippen molar-refractivity contribution in [1.82, 2.24) is 4.90 Å². The number of nitrogens with zero attached hydrogens (tertiary/aromatic N) is 1. The normalized spacial score (nSPS) is 15.6. The fraction of sp³-hybridized carbons (Fsp3) is 0.562. The molecule has 0 atom stereocenters. The molecule has 0 radical (unpaired) electrons. The molecule has 0 unspecified atom stereocenters. The van der Waals surface area contributed by atoms with Crippen LogP contribution in [0.5, 0.6) is 0 Å². The van der Waals surface area contributed by atoms with E-state index in [0.717, 1.165) is 13.0 Å². The van der Waals surface area contributed by atoms with Gasteiger partial charge in [-0.2, -0.15) is 0 Å². The van der Waals surface area contributed by atoms with E-state index in [9.17, 15) is 9.18 Å². The molecule has 1 fully saturated rings. The molecule has 0 saturated heterocycles. The van der Waals surface area contributed by atoms with Crippen molar-refractivity contribution in [3.63, 3.8) is 0 Å². The molecule has 1 saturated carbocycles. The number of rotatable bonds is 6. The zero-order valence-electron chi connectivity index (χ0n) is 12.6. The van der Waals surface area contributed by atoms with Gasteiger partial charge >= 0.3 is 0 Å². The van der Waals surface area contributed by atoms with Crippen LogP contribution in [0.25, 0.3) is 0 Å². The highest BCUT2D eigenvalue weighted by molar-refractivity contribution is 5.91. The number of carbonyl (C=O) groups is 1. The molecule has 2 rings (SSSR count). The number of carbonyl (C=O) groups excluding carboxylic acids is 1. The highest BCUT2D eigenvalue weighted by atomic mass is 19.1. The van der Waals surface area contributed by atoms with Crippen molar-refractivity contribution in [2.75, 3.05) is 24.6 Å². The third-order valence-corrected chi connectivity index (χ3v) is 4.14. The van der Waals surface area contributed by atoms with Crippen molar-refractivity contribution in [3.8, 4) is 0 Å². The van der Waals surface area contributed by atoms with Crippen LogP contribution in [0.2, 0.25) is 0 Å². The van der Waals surface area contributed by atoms with Crippen molar-refractivity contribution in [2.24, 2.45) is 0 Å². The van der Waals surface area contributed by atoms with Gasteiger partial charge in [0.2, 0.25) is 5.91 Å². The Hall–Kier alpha value is -1.62. The number of amides is 1. The minimum atomic E-state index is -0.466. The molecule has 1 aromatic rings. The standard InChI is InChI=1S/C16H24FN3O/c1-20(13-5-2-3-6-13)10-4-7-16(21)19-12-8-9-14(17)15(18)11-12/h8-9,11,13H,2-7,10,18H2,1H3,(H,19,21). The fourth-order valence-corrected chi connectivity index (χ4v) is 2.86. The summed E-state index contributed by atoms with van der Waals surface area (Å²) in [6, 6.07) is 4.91. The average molecular weight is 293 g/mol. The number of nitrogens with one attached hydrogen (secondary N) is 1. The average Bonchev–Trinajstić information content (AvgIpc) is 2.97. The molecule has 1 aliphatic carbocycles. The number of hydrogen-bond acceptors (Lipinski definition) is 3. The molecule has 1 aromatic carbocycles. The smallest absolute Gasteiger partial charge is 0.224 e. The third kappa shape index (κ3) is 4.70. The maximum atomic E-state index is 13.0. The van der Waals surface area contributed by atoms with E-state index in [1.165, 1.54) is 43.9 Å². The lowest BCUT2D eigenvalue weighted by atomic mass is 10.2. The summed E-state index contributed by atoms with van der Waals surface area (Å²) in [6.45, 7) is 0.934. The molecule has 1 amide bonds. The Kier molecular flexibility index (Phi) is 5.56. The Bertz CT molecular complexity index is 486. The van der Waals surface area contributed by atoms with Crippen LogP contribution in [-0.4, -0.2) is 30.4 Å². The monoisotopic (exact) mass is 293 g/mol. The van der Waals surface area contributed by atoms with Gasteiger partial charge in [-0.15, -0.1) is 0 Å². The first-order valence-corrected chi connectivity index (χ1v) is 7.61. The minimum Gasteiger partial charge on any atom is -0.396 e. The Morgan fingerprint density at radius 3 is 2.81 bits per heavy atom. The quantitative estimate of drug-likeness (QED) is 0.793. The van der Waals surface area contributed by atoms with E-state index >= 15 is 0 Å². The first-order chi connectivity index (χ1) is 10.1. The summed E-state index contributed by atoms with van der Waals surface area (Å²) in [5.74, 6) is -0.521. The lowest BCUT2D eigenvalue weighted by molar-refractivity contribution is -0.116. The Morgan fingerprint density at radius 2 is 2.14 bits per heavy atom. The van der Waals surface area contributed by atoms with Crippen LogP contribution < -0.4 is 11.1 Å². The van der Waals surface area contributed by atoms with Gasteiger partial charge in [-0.3, -0.25) is 4.79 Å². The van der Waals surface area contributed by atoms with E-state index in [1.807, 2.05) is 0 Å². The van der Waals surface area contributed by atoms with Crippen molar-refractivity contribution in [2.45, 2.75) is 44.6 Å². The minimum absolute atomic E-state index is 0.0498. The summed E-state index contributed by atoms with van der Waals surface area (Å²) in [5.41, 5.74) is 6.07. The molecule has 21 heavy (non-hydrogen) atoms. The van der Waals surface area contributed by atoms with Gasteiger partial charge in [0, 0.05) is 18.2 Å². The lowest BCUT2D eigenvalue weighted by Crippen LogP contribution is -2.30. The van der Waals surface area contributed by atoms with Crippen molar-refractivity contribution in [1.29, 1.82) is 0 Å². The summed E-state index contributed by atoms with van der Waals surface area (Å²) < 4.78 is 13.0. The molecule has 4 nitrogen and oxygen atoms in total. The summed E-state index contributed by atoms with van der Waals surface area (Å²) in [4.78, 5) is 14.2. The Morgan fingerprint density at radius 1 is 1.43 bits per heavy atom. The van der Waals surface area contributed by atoms with Crippen LogP contribution in [0.4, 0.5) is 15.8 Å². The number of nitrogens with two attached hydrogens (primary N) is 1. The van der Waals surface area contributed by atoms with E-state index in [2.05, 4.69) is 17.3 Å². The number of anilines is 2. The Labute approximate surface area is 125 Å². The number of benzene rings is 1. The summed E-state index contributed by atoms with van der Waals surface area (Å²) in [6.07, 6.45) is 6.49. The van der Waals surface area contributed by atoms with E-state index < -0.39 is 5.82 Å².